The highest BCUT2D eigenvalue weighted by atomic mass is 16.5. The van der Waals surface area contributed by atoms with Gasteiger partial charge in [-0.3, -0.25) is 14.7 Å². The Balaban J connectivity index is 1.89. The summed E-state index contributed by atoms with van der Waals surface area (Å²) in [6.45, 7) is 9.18. The summed E-state index contributed by atoms with van der Waals surface area (Å²) < 4.78 is 12.0. The quantitative estimate of drug-likeness (QED) is 0.633. The Morgan fingerprint density at radius 2 is 2.06 bits per heavy atom. The number of anilines is 1. The number of hydrogen-bond acceptors (Lipinski definition) is 6. The second kappa shape index (κ2) is 13.2. The predicted molar refractivity (Wildman–Crippen MR) is 140 cm³/mol. The zero-order valence-corrected chi connectivity index (χ0v) is 22.0. The van der Waals surface area contributed by atoms with Crippen LogP contribution < -0.4 is 15.4 Å². The standard InChI is InChI=1S/C27H39N5O4/c1-6-11-29-27(34)30-22-9-10-24-23(13-22)26(33)31(4)17-25(35-5)19(2)15-32(20(3)18-36-24)16-21-8-7-12-28-14-21/h7-10,12-14,19-20,25H,6,11,15-18H2,1-5H3,(H2,29,30,34)/t19-,20+,25-/m0/s1. The number of nitrogens with one attached hydrogen (secondary N) is 2. The molecule has 0 saturated carbocycles. The van der Waals surface area contributed by atoms with Crippen LogP contribution in [0.3, 0.4) is 0 Å². The van der Waals surface area contributed by atoms with Crippen LogP contribution in [0.4, 0.5) is 10.5 Å². The van der Waals surface area contributed by atoms with Gasteiger partial charge in [0.05, 0.1) is 11.7 Å². The van der Waals surface area contributed by atoms with E-state index in [2.05, 4.69) is 40.4 Å². The molecule has 0 unspecified atom stereocenters. The van der Waals surface area contributed by atoms with Crippen LogP contribution in [0.15, 0.2) is 42.7 Å². The number of rotatable bonds is 6. The maximum Gasteiger partial charge on any atom is 0.319 e. The van der Waals surface area contributed by atoms with E-state index in [1.54, 1.807) is 43.5 Å². The molecule has 196 valence electrons. The van der Waals surface area contributed by atoms with Gasteiger partial charge < -0.3 is 25.0 Å². The lowest BCUT2D eigenvalue weighted by Crippen LogP contribution is -2.46. The number of benzene rings is 1. The van der Waals surface area contributed by atoms with Gasteiger partial charge in [-0.15, -0.1) is 0 Å². The second-order valence-corrected chi connectivity index (χ2v) is 9.48. The molecule has 3 amide bonds. The molecule has 3 atom stereocenters. The van der Waals surface area contributed by atoms with E-state index in [-0.39, 0.29) is 30.0 Å². The maximum absolute atomic E-state index is 13.5. The fourth-order valence-electron chi connectivity index (χ4n) is 4.29. The molecule has 1 aromatic carbocycles. The fourth-order valence-corrected chi connectivity index (χ4v) is 4.29. The number of amides is 3. The first-order valence-electron chi connectivity index (χ1n) is 12.5. The number of fused-ring (bicyclic) bond motifs is 1. The molecular formula is C27H39N5O4. The van der Waals surface area contributed by atoms with Crippen LogP contribution >= 0.6 is 0 Å². The van der Waals surface area contributed by atoms with Crippen LogP contribution in [0.2, 0.25) is 0 Å². The molecule has 1 aliphatic heterocycles. The molecule has 2 heterocycles. The lowest BCUT2D eigenvalue weighted by Gasteiger charge is -2.36. The number of likely N-dealkylation sites (N-methyl/N-ethyl adjacent to an activating group) is 1. The minimum Gasteiger partial charge on any atom is -0.491 e. The van der Waals surface area contributed by atoms with Crippen LogP contribution in [0, 0.1) is 5.92 Å². The van der Waals surface area contributed by atoms with Crippen molar-refractivity contribution < 1.29 is 19.1 Å². The molecule has 0 fully saturated rings. The van der Waals surface area contributed by atoms with Gasteiger partial charge in [0.15, 0.2) is 0 Å². The molecule has 2 aromatic rings. The summed E-state index contributed by atoms with van der Waals surface area (Å²) in [6, 6.07) is 8.96. The molecule has 0 spiro atoms. The molecule has 0 saturated heterocycles. The Bertz CT molecular complexity index is 1000. The van der Waals surface area contributed by atoms with Crippen molar-refractivity contribution in [1.29, 1.82) is 0 Å². The van der Waals surface area contributed by atoms with Crippen molar-refractivity contribution in [2.75, 3.05) is 45.7 Å². The summed E-state index contributed by atoms with van der Waals surface area (Å²) in [6.07, 6.45) is 4.35. The van der Waals surface area contributed by atoms with Crippen molar-refractivity contribution >= 4 is 17.6 Å². The molecule has 9 heteroatoms. The Morgan fingerprint density at radius 3 is 2.75 bits per heavy atom. The van der Waals surface area contributed by atoms with Crippen molar-refractivity contribution in [2.24, 2.45) is 5.92 Å². The molecule has 0 aliphatic carbocycles. The van der Waals surface area contributed by atoms with E-state index < -0.39 is 0 Å². The van der Waals surface area contributed by atoms with Crippen molar-refractivity contribution in [3.63, 3.8) is 0 Å². The molecule has 0 bridgehead atoms. The Morgan fingerprint density at radius 1 is 1.25 bits per heavy atom. The van der Waals surface area contributed by atoms with Crippen LogP contribution in [-0.2, 0) is 11.3 Å². The highest BCUT2D eigenvalue weighted by Crippen LogP contribution is 2.26. The van der Waals surface area contributed by atoms with Crippen LogP contribution in [0.1, 0.15) is 43.1 Å². The largest absolute Gasteiger partial charge is 0.491 e. The molecule has 36 heavy (non-hydrogen) atoms. The van der Waals surface area contributed by atoms with Gasteiger partial charge in [0.25, 0.3) is 5.91 Å². The van der Waals surface area contributed by atoms with Gasteiger partial charge in [-0.1, -0.05) is 19.9 Å². The minimum atomic E-state index is -0.306. The highest BCUT2D eigenvalue weighted by Gasteiger charge is 2.28. The van der Waals surface area contributed by atoms with Gasteiger partial charge in [-0.05, 0) is 49.1 Å². The van der Waals surface area contributed by atoms with Crippen molar-refractivity contribution in [3.8, 4) is 5.75 Å². The van der Waals surface area contributed by atoms with Crippen LogP contribution in [0.25, 0.3) is 0 Å². The number of carbonyl (C=O) groups excluding carboxylic acids is 2. The van der Waals surface area contributed by atoms with Gasteiger partial charge in [0, 0.05) is 64.5 Å². The molecule has 0 radical (unpaired) electrons. The number of ether oxygens (including phenoxy) is 2. The van der Waals surface area contributed by atoms with E-state index in [0.717, 1.165) is 25.1 Å². The zero-order valence-electron chi connectivity index (χ0n) is 22.0. The Hall–Kier alpha value is -3.17. The lowest BCUT2D eigenvalue weighted by molar-refractivity contribution is 0.00920. The molecular weight excluding hydrogens is 458 g/mol. The third-order valence-electron chi connectivity index (χ3n) is 6.48. The average Bonchev–Trinajstić information content (AvgIpc) is 2.88. The molecule has 2 N–H and O–H groups in total. The Kier molecular flexibility index (Phi) is 10.1. The molecule has 3 rings (SSSR count). The SMILES string of the molecule is CCCNC(=O)Nc1ccc2c(c1)C(=O)N(C)C[C@H](OC)[C@@H](C)CN(Cc1cccnc1)[C@H](C)CO2. The lowest BCUT2D eigenvalue weighted by atomic mass is 10.0. The van der Waals surface area contributed by atoms with Gasteiger partial charge in [0.2, 0.25) is 0 Å². The summed E-state index contributed by atoms with van der Waals surface area (Å²) >= 11 is 0. The molecule has 9 nitrogen and oxygen atoms in total. The zero-order chi connectivity index (χ0) is 26.1. The number of methoxy groups -OCH3 is 1. The van der Waals surface area contributed by atoms with Crippen LogP contribution in [0.5, 0.6) is 5.75 Å². The van der Waals surface area contributed by atoms with Crippen molar-refractivity contribution in [2.45, 2.75) is 45.9 Å². The monoisotopic (exact) mass is 497 g/mol. The normalized spacial score (nSPS) is 21.5. The second-order valence-electron chi connectivity index (χ2n) is 9.48. The summed E-state index contributed by atoms with van der Waals surface area (Å²) in [7, 11) is 3.45. The molecule has 1 aromatic heterocycles. The number of urea groups is 1. The van der Waals surface area contributed by atoms with Gasteiger partial charge in [-0.2, -0.15) is 0 Å². The summed E-state index contributed by atoms with van der Waals surface area (Å²) in [4.78, 5) is 33.9. The van der Waals surface area contributed by atoms with E-state index in [4.69, 9.17) is 9.47 Å². The average molecular weight is 498 g/mol. The Labute approximate surface area is 214 Å². The summed E-state index contributed by atoms with van der Waals surface area (Å²) in [5.41, 5.74) is 2.06. The van der Waals surface area contributed by atoms with E-state index in [1.807, 2.05) is 19.2 Å². The fraction of sp³-hybridized carbons (Fsp3) is 0.519. The third kappa shape index (κ3) is 7.41. The topological polar surface area (TPSA) is 96.0 Å². The first-order chi connectivity index (χ1) is 17.3. The smallest absolute Gasteiger partial charge is 0.319 e. The number of hydrogen-bond donors (Lipinski definition) is 2. The number of pyridine rings is 1. The van der Waals surface area contributed by atoms with Gasteiger partial charge >= 0.3 is 6.03 Å². The summed E-state index contributed by atoms with van der Waals surface area (Å²) in [5, 5.41) is 5.59. The minimum absolute atomic E-state index is 0.0721. The third-order valence-corrected chi connectivity index (χ3v) is 6.48. The number of aromatic nitrogens is 1. The maximum atomic E-state index is 13.5. The van der Waals surface area contributed by atoms with E-state index >= 15 is 0 Å². The van der Waals surface area contributed by atoms with E-state index in [9.17, 15) is 9.59 Å². The molecule has 1 aliphatic rings. The number of nitrogens with zero attached hydrogens (tertiary/aromatic N) is 3. The first-order valence-corrected chi connectivity index (χ1v) is 12.5. The van der Waals surface area contributed by atoms with Gasteiger partial charge in [-0.25, -0.2) is 4.79 Å². The van der Waals surface area contributed by atoms with E-state index in [1.165, 1.54) is 0 Å². The predicted octanol–water partition coefficient (Wildman–Crippen LogP) is 3.62. The van der Waals surface area contributed by atoms with Crippen LogP contribution in [-0.4, -0.2) is 79.3 Å². The first kappa shape index (κ1) is 27.4. The summed E-state index contributed by atoms with van der Waals surface area (Å²) in [5.74, 6) is 0.470. The van der Waals surface area contributed by atoms with Gasteiger partial charge in [0.1, 0.15) is 12.4 Å². The number of carbonyl (C=O) groups is 2. The highest BCUT2D eigenvalue weighted by molar-refractivity contribution is 5.99. The van der Waals surface area contributed by atoms with E-state index in [0.29, 0.717) is 36.7 Å². The van der Waals surface area contributed by atoms with Crippen molar-refractivity contribution in [1.82, 2.24) is 20.1 Å². The van der Waals surface area contributed by atoms with Crippen molar-refractivity contribution in [3.05, 3.63) is 53.9 Å².